The molecule has 1 aromatic heterocycles. The number of aliphatic carboxylic acids is 1. The number of carboxylic acids is 1. The van der Waals surface area contributed by atoms with Crippen LogP contribution in [0.1, 0.15) is 22.5 Å². The average molecular weight is 293 g/mol. The Balaban J connectivity index is 2.98. The first-order valence-corrected chi connectivity index (χ1v) is 7.90. The number of hydrogen-bond donors (Lipinski definition) is 1. The van der Waals surface area contributed by atoms with Gasteiger partial charge in [-0.2, -0.15) is 0 Å². The van der Waals surface area contributed by atoms with Gasteiger partial charge in [-0.25, -0.2) is 13.4 Å². The molecular formula is C10H15NO5S2. The number of rotatable bonds is 7. The predicted octanol–water partition coefficient (Wildman–Crippen LogP) is 0.851. The zero-order valence-electron chi connectivity index (χ0n) is 10.2. The van der Waals surface area contributed by atoms with E-state index in [-0.39, 0.29) is 24.5 Å². The minimum Gasteiger partial charge on any atom is -0.481 e. The zero-order valence-corrected chi connectivity index (χ0v) is 11.8. The van der Waals surface area contributed by atoms with E-state index in [0.29, 0.717) is 15.6 Å². The van der Waals surface area contributed by atoms with Crippen molar-refractivity contribution in [3.8, 4) is 0 Å². The highest BCUT2D eigenvalue weighted by Crippen LogP contribution is 2.22. The number of ether oxygens (including phenoxy) is 1. The lowest BCUT2D eigenvalue weighted by Gasteiger charge is -1.97. The number of thiazole rings is 1. The van der Waals surface area contributed by atoms with Gasteiger partial charge in [-0.1, -0.05) is 6.92 Å². The second-order valence-corrected chi connectivity index (χ2v) is 7.18. The summed E-state index contributed by atoms with van der Waals surface area (Å²) in [7, 11) is -1.68. The predicted molar refractivity (Wildman–Crippen MR) is 67.3 cm³/mol. The SMILES string of the molecule is CCS(=O)(=O)Cc1nc(COC)c(CC(=O)O)s1. The topological polar surface area (TPSA) is 93.6 Å². The summed E-state index contributed by atoms with van der Waals surface area (Å²) in [6, 6.07) is 0. The Morgan fingerprint density at radius 1 is 1.50 bits per heavy atom. The van der Waals surface area contributed by atoms with Gasteiger partial charge in [0.2, 0.25) is 0 Å². The molecule has 0 saturated heterocycles. The van der Waals surface area contributed by atoms with Gasteiger partial charge < -0.3 is 9.84 Å². The molecular weight excluding hydrogens is 278 g/mol. The number of aromatic nitrogens is 1. The smallest absolute Gasteiger partial charge is 0.308 e. The molecule has 0 aromatic carbocycles. The van der Waals surface area contributed by atoms with Crippen LogP contribution in [0.3, 0.4) is 0 Å². The molecule has 0 bridgehead atoms. The van der Waals surface area contributed by atoms with Crippen molar-refractivity contribution >= 4 is 27.1 Å². The third kappa shape index (κ3) is 4.35. The molecule has 1 rings (SSSR count). The Morgan fingerprint density at radius 3 is 2.67 bits per heavy atom. The van der Waals surface area contributed by atoms with Crippen molar-refractivity contribution in [2.45, 2.75) is 25.7 Å². The monoisotopic (exact) mass is 293 g/mol. The third-order valence-corrected chi connectivity index (χ3v) is 5.07. The largest absolute Gasteiger partial charge is 0.481 e. The van der Waals surface area contributed by atoms with Crippen LogP contribution in [0.15, 0.2) is 0 Å². The van der Waals surface area contributed by atoms with Crippen LogP contribution >= 0.6 is 11.3 Å². The van der Waals surface area contributed by atoms with Crippen molar-refractivity contribution < 1.29 is 23.1 Å². The molecule has 0 atom stereocenters. The van der Waals surface area contributed by atoms with Crippen molar-refractivity contribution in [1.29, 1.82) is 0 Å². The molecule has 0 saturated carbocycles. The fourth-order valence-corrected chi connectivity index (χ4v) is 3.59. The van der Waals surface area contributed by atoms with E-state index in [4.69, 9.17) is 9.84 Å². The molecule has 0 radical (unpaired) electrons. The van der Waals surface area contributed by atoms with E-state index < -0.39 is 15.8 Å². The van der Waals surface area contributed by atoms with Crippen LogP contribution in [0.4, 0.5) is 0 Å². The summed E-state index contributed by atoms with van der Waals surface area (Å²) in [5.41, 5.74) is 0.506. The summed E-state index contributed by atoms with van der Waals surface area (Å²) in [5.74, 6) is -1.08. The molecule has 1 N–H and O–H groups in total. The van der Waals surface area contributed by atoms with Gasteiger partial charge in [-0.15, -0.1) is 11.3 Å². The number of carbonyl (C=O) groups is 1. The molecule has 0 unspecified atom stereocenters. The van der Waals surface area contributed by atoms with Crippen LogP contribution in [0.2, 0.25) is 0 Å². The van der Waals surface area contributed by atoms with E-state index in [9.17, 15) is 13.2 Å². The molecule has 1 aromatic rings. The minimum atomic E-state index is -3.16. The van der Waals surface area contributed by atoms with Gasteiger partial charge in [0.1, 0.15) is 10.8 Å². The van der Waals surface area contributed by atoms with E-state index in [1.165, 1.54) is 7.11 Å². The van der Waals surface area contributed by atoms with E-state index in [2.05, 4.69) is 4.98 Å². The molecule has 0 spiro atoms. The molecule has 8 heteroatoms. The van der Waals surface area contributed by atoms with Crippen LogP contribution in [-0.2, 0) is 38.1 Å². The highest BCUT2D eigenvalue weighted by Gasteiger charge is 2.18. The van der Waals surface area contributed by atoms with Crippen LogP contribution in [0.25, 0.3) is 0 Å². The maximum absolute atomic E-state index is 11.5. The summed E-state index contributed by atoms with van der Waals surface area (Å²) < 4.78 is 27.9. The van der Waals surface area contributed by atoms with Crippen molar-refractivity contribution in [2.75, 3.05) is 12.9 Å². The second-order valence-electron chi connectivity index (χ2n) is 3.66. The maximum atomic E-state index is 11.5. The Labute approximate surface area is 110 Å². The lowest BCUT2D eigenvalue weighted by Crippen LogP contribution is -2.06. The molecule has 0 aliphatic carbocycles. The number of carboxylic acid groups (broad SMARTS) is 1. The van der Waals surface area contributed by atoms with Gasteiger partial charge in [0.15, 0.2) is 9.84 Å². The van der Waals surface area contributed by atoms with Crippen molar-refractivity contribution in [3.05, 3.63) is 15.6 Å². The highest BCUT2D eigenvalue weighted by molar-refractivity contribution is 7.90. The highest BCUT2D eigenvalue weighted by atomic mass is 32.2. The number of methoxy groups -OCH3 is 1. The van der Waals surface area contributed by atoms with Gasteiger partial charge in [0, 0.05) is 17.7 Å². The number of nitrogens with zero attached hydrogens (tertiary/aromatic N) is 1. The molecule has 0 fully saturated rings. The number of hydrogen-bond acceptors (Lipinski definition) is 6. The van der Waals surface area contributed by atoms with Gasteiger partial charge in [-0.3, -0.25) is 4.79 Å². The fraction of sp³-hybridized carbons (Fsp3) is 0.600. The molecule has 18 heavy (non-hydrogen) atoms. The Kier molecular flexibility index (Phi) is 5.24. The van der Waals surface area contributed by atoms with Crippen LogP contribution in [0, 0.1) is 0 Å². The summed E-state index contributed by atoms with van der Waals surface area (Å²) in [5, 5.41) is 9.18. The standard InChI is InChI=1S/C10H15NO5S2/c1-3-18(14,15)6-9-11-7(5-16-2)8(17-9)4-10(12)13/h3-6H2,1-2H3,(H,12,13). The fourth-order valence-electron chi connectivity index (χ4n) is 1.31. The average Bonchev–Trinajstić information content (AvgIpc) is 2.59. The summed E-state index contributed by atoms with van der Waals surface area (Å²) in [6.45, 7) is 1.75. The van der Waals surface area contributed by atoms with E-state index in [0.717, 1.165) is 11.3 Å². The third-order valence-electron chi connectivity index (χ3n) is 2.20. The molecule has 102 valence electrons. The van der Waals surface area contributed by atoms with Crippen molar-refractivity contribution in [3.63, 3.8) is 0 Å². The number of sulfone groups is 1. The second kappa shape index (κ2) is 6.26. The Bertz CT molecular complexity index is 520. The molecule has 0 aliphatic heterocycles. The van der Waals surface area contributed by atoms with Crippen LogP contribution < -0.4 is 0 Å². The summed E-state index contributed by atoms with van der Waals surface area (Å²) in [6.07, 6.45) is -0.164. The van der Waals surface area contributed by atoms with E-state index in [1.54, 1.807) is 6.92 Å². The van der Waals surface area contributed by atoms with Crippen molar-refractivity contribution in [2.24, 2.45) is 0 Å². The molecule has 0 amide bonds. The van der Waals surface area contributed by atoms with Gasteiger partial charge in [0.25, 0.3) is 0 Å². The maximum Gasteiger partial charge on any atom is 0.308 e. The van der Waals surface area contributed by atoms with Gasteiger partial charge >= 0.3 is 5.97 Å². The Morgan fingerprint density at radius 2 is 2.17 bits per heavy atom. The quantitative estimate of drug-likeness (QED) is 0.801. The molecule has 1 heterocycles. The lowest BCUT2D eigenvalue weighted by molar-refractivity contribution is -0.136. The normalized spacial score (nSPS) is 11.7. The Hall–Kier alpha value is -0.990. The van der Waals surface area contributed by atoms with Crippen molar-refractivity contribution in [1.82, 2.24) is 4.98 Å². The first-order valence-electron chi connectivity index (χ1n) is 5.26. The first kappa shape index (κ1) is 15.1. The van der Waals surface area contributed by atoms with Crippen LogP contribution in [0.5, 0.6) is 0 Å². The lowest BCUT2D eigenvalue weighted by atomic mass is 10.3. The summed E-state index contributed by atoms with van der Waals surface area (Å²) in [4.78, 5) is 15.4. The molecule has 0 aliphatic rings. The van der Waals surface area contributed by atoms with E-state index in [1.807, 2.05) is 0 Å². The summed E-state index contributed by atoms with van der Waals surface area (Å²) >= 11 is 1.12. The minimum absolute atomic E-state index is 0.0421. The van der Waals surface area contributed by atoms with Gasteiger partial charge in [-0.05, 0) is 0 Å². The van der Waals surface area contributed by atoms with Crippen LogP contribution in [-0.4, -0.2) is 37.3 Å². The van der Waals surface area contributed by atoms with E-state index >= 15 is 0 Å². The first-order chi connectivity index (χ1) is 8.38. The molecule has 6 nitrogen and oxygen atoms in total. The van der Waals surface area contributed by atoms with Gasteiger partial charge in [0.05, 0.1) is 18.7 Å². The zero-order chi connectivity index (χ0) is 13.8.